The van der Waals surface area contributed by atoms with Gasteiger partial charge in [-0.25, -0.2) is 0 Å². The van der Waals surface area contributed by atoms with Gasteiger partial charge in [-0.2, -0.15) is 0 Å². The molecule has 2 rings (SSSR count). The van der Waals surface area contributed by atoms with Crippen molar-refractivity contribution < 1.29 is 14.3 Å². The minimum Gasteiger partial charge on any atom is -0.494 e. The van der Waals surface area contributed by atoms with Crippen LogP contribution in [0.2, 0.25) is 0 Å². The van der Waals surface area contributed by atoms with Crippen LogP contribution in [0, 0.1) is 5.92 Å². The van der Waals surface area contributed by atoms with Crippen LogP contribution in [0.1, 0.15) is 39.5 Å². The zero-order valence-corrected chi connectivity index (χ0v) is 14.1. The minimum absolute atomic E-state index is 0.0557. The predicted octanol–water partition coefficient (Wildman–Crippen LogP) is 2.49. The zero-order chi connectivity index (χ0) is 16.7. The van der Waals surface area contributed by atoms with Gasteiger partial charge in [0.15, 0.2) is 0 Å². The van der Waals surface area contributed by atoms with E-state index >= 15 is 0 Å². The summed E-state index contributed by atoms with van der Waals surface area (Å²) in [6.45, 7) is 5.65. The molecule has 128 valence electrons. The second kappa shape index (κ2) is 8.20. The van der Waals surface area contributed by atoms with Gasteiger partial charge in [-0.15, -0.1) is 0 Å². The molecule has 1 aromatic carbocycles. The van der Waals surface area contributed by atoms with Gasteiger partial charge in [-0.1, -0.05) is 0 Å². The number of nitrogens with one attached hydrogen (secondary N) is 1. The fraction of sp³-hybridized carbons (Fsp3) is 0.611. The Balaban J connectivity index is 1.65. The molecule has 1 saturated carbocycles. The summed E-state index contributed by atoms with van der Waals surface area (Å²) < 4.78 is 11.0. The molecule has 0 aliphatic heterocycles. The largest absolute Gasteiger partial charge is 0.494 e. The number of ether oxygens (including phenoxy) is 2. The number of carbonyl (C=O) groups is 1. The molecule has 0 aromatic heterocycles. The molecule has 0 radical (unpaired) electrons. The fourth-order valence-corrected chi connectivity index (χ4v) is 2.64. The third-order valence-corrected chi connectivity index (χ3v) is 4.28. The summed E-state index contributed by atoms with van der Waals surface area (Å²) in [5.41, 5.74) is 5.57. The molecule has 0 bridgehead atoms. The smallest absolute Gasteiger partial charge is 0.220 e. The Kier molecular flexibility index (Phi) is 6.28. The van der Waals surface area contributed by atoms with Crippen molar-refractivity contribution in [3.63, 3.8) is 0 Å². The van der Waals surface area contributed by atoms with Gasteiger partial charge in [-0.05, 0) is 63.3 Å². The summed E-state index contributed by atoms with van der Waals surface area (Å²) >= 11 is 0. The molecule has 0 heterocycles. The number of benzene rings is 1. The molecule has 5 heteroatoms. The molecule has 1 fully saturated rings. The molecule has 1 amide bonds. The van der Waals surface area contributed by atoms with Crippen molar-refractivity contribution in [2.75, 3.05) is 19.8 Å². The molecule has 0 spiro atoms. The summed E-state index contributed by atoms with van der Waals surface area (Å²) in [5, 5.41) is 3.09. The first-order valence-electron chi connectivity index (χ1n) is 8.44. The summed E-state index contributed by atoms with van der Waals surface area (Å²) in [7, 11) is 0. The Morgan fingerprint density at radius 1 is 1.26 bits per heavy atom. The molecule has 23 heavy (non-hydrogen) atoms. The van der Waals surface area contributed by atoms with Crippen molar-refractivity contribution in [2.45, 2.75) is 45.1 Å². The van der Waals surface area contributed by atoms with Gasteiger partial charge in [0, 0.05) is 13.0 Å². The van der Waals surface area contributed by atoms with Gasteiger partial charge >= 0.3 is 0 Å². The zero-order valence-electron chi connectivity index (χ0n) is 14.1. The summed E-state index contributed by atoms with van der Waals surface area (Å²) in [4.78, 5) is 12.0. The van der Waals surface area contributed by atoms with Gasteiger partial charge in [-0.3, -0.25) is 4.79 Å². The number of hydrogen-bond donors (Lipinski definition) is 2. The maximum atomic E-state index is 12.0. The lowest BCUT2D eigenvalue weighted by atomic mass is 9.95. The Bertz CT molecular complexity index is 499. The molecule has 3 N–H and O–H groups in total. The first-order chi connectivity index (χ1) is 11.1. The second-order valence-electron chi connectivity index (χ2n) is 6.30. The van der Waals surface area contributed by atoms with E-state index in [2.05, 4.69) is 5.32 Å². The quantitative estimate of drug-likeness (QED) is 0.650. The molecular formula is C18H28N2O3. The van der Waals surface area contributed by atoms with Crippen molar-refractivity contribution in [3.8, 4) is 11.5 Å². The molecular weight excluding hydrogens is 292 g/mol. The lowest BCUT2D eigenvalue weighted by Gasteiger charge is -2.29. The molecule has 1 aliphatic carbocycles. The lowest BCUT2D eigenvalue weighted by Crippen LogP contribution is -2.53. The maximum Gasteiger partial charge on any atom is 0.220 e. The first kappa shape index (κ1) is 17.6. The van der Waals surface area contributed by atoms with E-state index in [1.807, 2.05) is 38.1 Å². The fourth-order valence-electron chi connectivity index (χ4n) is 2.64. The lowest BCUT2D eigenvalue weighted by molar-refractivity contribution is -0.123. The van der Waals surface area contributed by atoms with Crippen LogP contribution >= 0.6 is 0 Å². The highest BCUT2D eigenvalue weighted by Crippen LogP contribution is 2.39. The van der Waals surface area contributed by atoms with E-state index in [1.165, 1.54) is 0 Å². The standard InChI is InChI=1S/C18H28N2O3/c1-3-22-15-8-10-16(11-9-15)23-12-4-5-17(21)20-18(2,13-19)14-6-7-14/h8-11,14H,3-7,12-13,19H2,1-2H3,(H,20,21). The van der Waals surface area contributed by atoms with E-state index in [0.717, 1.165) is 24.3 Å². The molecule has 1 aliphatic rings. The number of nitrogens with two attached hydrogens (primary N) is 1. The molecule has 5 nitrogen and oxygen atoms in total. The van der Waals surface area contributed by atoms with Gasteiger partial charge in [0.25, 0.3) is 0 Å². The van der Waals surface area contributed by atoms with Crippen molar-refractivity contribution in [1.82, 2.24) is 5.32 Å². The Morgan fingerprint density at radius 3 is 2.39 bits per heavy atom. The van der Waals surface area contributed by atoms with Gasteiger partial charge in [0.2, 0.25) is 5.91 Å². The summed E-state index contributed by atoms with van der Waals surface area (Å²) in [6.07, 6.45) is 3.47. The normalized spacial score (nSPS) is 16.5. The SMILES string of the molecule is CCOc1ccc(OCCCC(=O)NC(C)(CN)C2CC2)cc1. The predicted molar refractivity (Wildman–Crippen MR) is 90.7 cm³/mol. The van der Waals surface area contributed by atoms with Crippen LogP contribution in [-0.2, 0) is 4.79 Å². The molecule has 1 atom stereocenters. The van der Waals surface area contributed by atoms with Crippen LogP contribution in [0.5, 0.6) is 11.5 Å². The number of amides is 1. The van der Waals surface area contributed by atoms with Crippen LogP contribution in [0.4, 0.5) is 0 Å². The number of hydrogen-bond acceptors (Lipinski definition) is 4. The first-order valence-corrected chi connectivity index (χ1v) is 8.44. The van der Waals surface area contributed by atoms with Gasteiger partial charge < -0.3 is 20.5 Å². The van der Waals surface area contributed by atoms with E-state index in [-0.39, 0.29) is 11.4 Å². The Hall–Kier alpha value is -1.75. The van der Waals surface area contributed by atoms with Crippen LogP contribution in [0.25, 0.3) is 0 Å². The highest BCUT2D eigenvalue weighted by molar-refractivity contribution is 5.76. The molecule has 0 saturated heterocycles. The summed E-state index contributed by atoms with van der Waals surface area (Å²) in [6, 6.07) is 7.52. The summed E-state index contributed by atoms with van der Waals surface area (Å²) in [5.74, 6) is 2.22. The third-order valence-electron chi connectivity index (χ3n) is 4.28. The van der Waals surface area contributed by atoms with E-state index in [4.69, 9.17) is 15.2 Å². The van der Waals surface area contributed by atoms with Crippen LogP contribution < -0.4 is 20.5 Å². The van der Waals surface area contributed by atoms with Crippen molar-refractivity contribution >= 4 is 5.91 Å². The third kappa shape index (κ3) is 5.43. The maximum absolute atomic E-state index is 12.0. The van der Waals surface area contributed by atoms with Crippen LogP contribution in [0.15, 0.2) is 24.3 Å². The van der Waals surface area contributed by atoms with Crippen molar-refractivity contribution in [3.05, 3.63) is 24.3 Å². The molecule has 1 unspecified atom stereocenters. The topological polar surface area (TPSA) is 73.6 Å². The highest BCUT2D eigenvalue weighted by Gasteiger charge is 2.41. The van der Waals surface area contributed by atoms with E-state index in [9.17, 15) is 4.79 Å². The van der Waals surface area contributed by atoms with Gasteiger partial charge in [0.1, 0.15) is 11.5 Å². The minimum atomic E-state index is -0.243. The monoisotopic (exact) mass is 320 g/mol. The highest BCUT2D eigenvalue weighted by atomic mass is 16.5. The second-order valence-corrected chi connectivity index (χ2v) is 6.30. The average Bonchev–Trinajstić information content (AvgIpc) is 3.38. The van der Waals surface area contributed by atoms with E-state index < -0.39 is 0 Å². The Labute approximate surface area is 138 Å². The average molecular weight is 320 g/mol. The van der Waals surface area contributed by atoms with E-state index in [1.54, 1.807) is 0 Å². The molecule has 1 aromatic rings. The van der Waals surface area contributed by atoms with Crippen LogP contribution in [-0.4, -0.2) is 31.2 Å². The Morgan fingerprint density at radius 2 is 1.87 bits per heavy atom. The van der Waals surface area contributed by atoms with Gasteiger partial charge in [0.05, 0.1) is 18.8 Å². The van der Waals surface area contributed by atoms with E-state index in [0.29, 0.717) is 38.5 Å². The van der Waals surface area contributed by atoms with Crippen LogP contribution in [0.3, 0.4) is 0 Å². The number of rotatable bonds is 10. The number of carbonyl (C=O) groups excluding carboxylic acids is 1. The van der Waals surface area contributed by atoms with Crippen molar-refractivity contribution in [2.24, 2.45) is 11.7 Å². The van der Waals surface area contributed by atoms with Crippen molar-refractivity contribution in [1.29, 1.82) is 0 Å².